The van der Waals surface area contributed by atoms with E-state index in [2.05, 4.69) is 5.32 Å². The van der Waals surface area contributed by atoms with Crippen LogP contribution in [0, 0.1) is 13.8 Å². The van der Waals surface area contributed by atoms with Crippen molar-refractivity contribution in [2.75, 3.05) is 5.32 Å². The molecule has 0 aliphatic rings. The quantitative estimate of drug-likeness (QED) is 0.322. The van der Waals surface area contributed by atoms with Gasteiger partial charge in [-0.25, -0.2) is 14.4 Å². The zero-order valence-electron chi connectivity index (χ0n) is 20.7. The summed E-state index contributed by atoms with van der Waals surface area (Å²) in [6, 6.07) is 25.1. The maximum atomic E-state index is 13.4. The Labute approximate surface area is 218 Å². The third-order valence-corrected chi connectivity index (χ3v) is 5.87. The van der Waals surface area contributed by atoms with Gasteiger partial charge in [0.2, 0.25) is 12.2 Å². The number of fused-ring (bicyclic) bond motifs is 1. The van der Waals surface area contributed by atoms with E-state index in [1.807, 2.05) is 32.0 Å². The van der Waals surface area contributed by atoms with Gasteiger partial charge in [-0.3, -0.25) is 4.79 Å². The molecule has 0 radical (unpaired) electrons. The average molecular weight is 512 g/mol. The van der Waals surface area contributed by atoms with Gasteiger partial charge in [0.25, 0.3) is 5.91 Å². The summed E-state index contributed by atoms with van der Waals surface area (Å²) in [6.07, 6.45) is -4.11. The highest BCUT2D eigenvalue weighted by Crippen LogP contribution is 2.24. The molecule has 2 atom stereocenters. The first kappa shape index (κ1) is 26.1. The first-order valence-corrected chi connectivity index (χ1v) is 11.8. The van der Waals surface area contributed by atoms with Crippen LogP contribution >= 0.6 is 0 Å². The molecule has 0 aliphatic heterocycles. The second kappa shape index (κ2) is 11.4. The predicted octanol–water partition coefficient (Wildman–Crippen LogP) is 4.93. The minimum absolute atomic E-state index is 0.0833. The first-order valence-electron chi connectivity index (χ1n) is 11.8. The molecule has 8 nitrogen and oxygen atoms in total. The number of benzene rings is 4. The van der Waals surface area contributed by atoms with Gasteiger partial charge in [-0.2, -0.15) is 0 Å². The predicted molar refractivity (Wildman–Crippen MR) is 141 cm³/mol. The van der Waals surface area contributed by atoms with Crippen LogP contribution < -0.4 is 5.32 Å². The van der Waals surface area contributed by atoms with Crippen molar-refractivity contribution in [3.8, 4) is 0 Å². The molecule has 0 heterocycles. The number of hydrogen-bond acceptors (Lipinski definition) is 6. The molecule has 0 spiro atoms. The number of esters is 2. The lowest BCUT2D eigenvalue weighted by atomic mass is 10.1. The van der Waals surface area contributed by atoms with Gasteiger partial charge in [0.1, 0.15) is 0 Å². The fourth-order valence-electron chi connectivity index (χ4n) is 3.78. The number of hydrogen-bond donors (Lipinski definition) is 2. The Morgan fingerprint density at radius 2 is 1.16 bits per heavy atom. The van der Waals surface area contributed by atoms with E-state index in [0.717, 1.165) is 16.5 Å². The minimum Gasteiger partial charge on any atom is -0.478 e. The Kier molecular flexibility index (Phi) is 7.82. The molecule has 4 rings (SSSR count). The maximum absolute atomic E-state index is 13.4. The smallest absolute Gasteiger partial charge is 0.349 e. The molecule has 0 aliphatic carbocycles. The van der Waals surface area contributed by atoms with Crippen LogP contribution in [-0.2, 0) is 19.1 Å². The number of aryl methyl sites for hydroxylation is 2. The SMILES string of the molecule is Cc1ccc(C(=O)O[C@@H](C(=O)O)[C@@H](OC(=O)c2ccc(C)cc2)C(=O)Nc2cccc3ccccc23)cc1. The molecule has 192 valence electrons. The topological polar surface area (TPSA) is 119 Å². The summed E-state index contributed by atoms with van der Waals surface area (Å²) in [5.74, 6) is -4.54. The lowest BCUT2D eigenvalue weighted by Crippen LogP contribution is -2.48. The second-order valence-electron chi connectivity index (χ2n) is 8.74. The van der Waals surface area contributed by atoms with E-state index in [1.54, 1.807) is 48.5 Å². The summed E-state index contributed by atoms with van der Waals surface area (Å²) in [6.45, 7) is 3.66. The number of rotatable bonds is 8. The molecule has 0 fully saturated rings. The third-order valence-electron chi connectivity index (χ3n) is 5.87. The zero-order chi connectivity index (χ0) is 27.2. The molecule has 0 bridgehead atoms. The largest absolute Gasteiger partial charge is 0.478 e. The van der Waals surface area contributed by atoms with E-state index in [1.165, 1.54) is 24.3 Å². The van der Waals surface area contributed by atoms with Gasteiger partial charge >= 0.3 is 17.9 Å². The van der Waals surface area contributed by atoms with Gasteiger partial charge in [0.05, 0.1) is 11.1 Å². The van der Waals surface area contributed by atoms with E-state index in [-0.39, 0.29) is 11.1 Å². The summed E-state index contributed by atoms with van der Waals surface area (Å²) >= 11 is 0. The van der Waals surface area contributed by atoms with Crippen molar-refractivity contribution in [2.24, 2.45) is 0 Å². The lowest BCUT2D eigenvalue weighted by Gasteiger charge is -2.24. The highest BCUT2D eigenvalue weighted by atomic mass is 16.6. The summed E-state index contributed by atoms with van der Waals surface area (Å²) < 4.78 is 10.6. The number of aliphatic carboxylic acids is 1. The van der Waals surface area contributed by atoms with E-state index < -0.39 is 36.0 Å². The van der Waals surface area contributed by atoms with Crippen LogP contribution in [0.2, 0.25) is 0 Å². The number of carbonyl (C=O) groups excluding carboxylic acids is 3. The van der Waals surface area contributed by atoms with Crippen LogP contribution in [0.1, 0.15) is 31.8 Å². The van der Waals surface area contributed by atoms with Crippen LogP contribution in [0.15, 0.2) is 91.0 Å². The molecule has 0 aromatic heterocycles. The van der Waals surface area contributed by atoms with Crippen molar-refractivity contribution in [1.82, 2.24) is 0 Å². The van der Waals surface area contributed by atoms with Crippen LogP contribution in [0.5, 0.6) is 0 Å². The van der Waals surface area contributed by atoms with Crippen LogP contribution in [0.4, 0.5) is 5.69 Å². The van der Waals surface area contributed by atoms with E-state index in [0.29, 0.717) is 11.1 Å². The number of nitrogens with one attached hydrogen (secondary N) is 1. The molecule has 2 N–H and O–H groups in total. The monoisotopic (exact) mass is 511 g/mol. The Morgan fingerprint density at radius 3 is 1.71 bits per heavy atom. The summed E-state index contributed by atoms with van der Waals surface area (Å²) in [5.41, 5.74) is 2.34. The molecule has 4 aromatic carbocycles. The van der Waals surface area contributed by atoms with Crippen LogP contribution in [-0.4, -0.2) is 41.1 Å². The molecule has 38 heavy (non-hydrogen) atoms. The second-order valence-corrected chi connectivity index (χ2v) is 8.74. The molecule has 0 unspecified atom stereocenters. The van der Waals surface area contributed by atoms with E-state index >= 15 is 0 Å². The number of ether oxygens (including phenoxy) is 2. The van der Waals surface area contributed by atoms with Gasteiger partial charge < -0.3 is 19.9 Å². The van der Waals surface area contributed by atoms with Gasteiger partial charge in [-0.05, 0) is 49.6 Å². The highest BCUT2D eigenvalue weighted by molar-refractivity contribution is 6.06. The van der Waals surface area contributed by atoms with Gasteiger partial charge in [-0.15, -0.1) is 0 Å². The van der Waals surface area contributed by atoms with E-state index in [9.17, 15) is 24.3 Å². The third kappa shape index (κ3) is 6.04. The number of carboxylic acid groups (broad SMARTS) is 1. The normalized spacial score (nSPS) is 12.3. The Morgan fingerprint density at radius 1 is 0.658 bits per heavy atom. The van der Waals surface area contributed by atoms with Crippen molar-refractivity contribution in [2.45, 2.75) is 26.1 Å². The van der Waals surface area contributed by atoms with Crippen molar-refractivity contribution < 1.29 is 33.8 Å². The minimum atomic E-state index is -2.12. The Bertz CT molecular complexity index is 1490. The number of carboxylic acids is 1. The van der Waals surface area contributed by atoms with Gasteiger partial charge in [0, 0.05) is 11.1 Å². The van der Waals surface area contributed by atoms with E-state index in [4.69, 9.17) is 9.47 Å². The standard InChI is InChI=1S/C30H25NO7/c1-18-10-14-21(15-11-18)29(35)37-25(26(28(33)34)38-30(36)22-16-12-19(2)13-17-22)27(32)31-24-9-5-7-20-6-3-4-8-23(20)24/h3-17,25-26H,1-2H3,(H,31,32)(H,33,34)/t25-,26-/m1/s1. The van der Waals surface area contributed by atoms with Crippen molar-refractivity contribution in [3.05, 3.63) is 113 Å². The highest BCUT2D eigenvalue weighted by Gasteiger charge is 2.41. The fourth-order valence-corrected chi connectivity index (χ4v) is 3.78. The summed E-state index contributed by atoms with van der Waals surface area (Å²) in [5, 5.41) is 14.1. The molecule has 4 aromatic rings. The van der Waals surface area contributed by atoms with Crippen LogP contribution in [0.3, 0.4) is 0 Å². The summed E-state index contributed by atoms with van der Waals surface area (Å²) in [7, 11) is 0. The fraction of sp³-hybridized carbons (Fsp3) is 0.133. The number of carbonyl (C=O) groups is 4. The first-order chi connectivity index (χ1) is 18.2. The zero-order valence-corrected chi connectivity index (χ0v) is 20.7. The molecule has 0 saturated heterocycles. The maximum Gasteiger partial charge on any atom is 0.349 e. The molecular weight excluding hydrogens is 486 g/mol. The van der Waals surface area contributed by atoms with Crippen molar-refractivity contribution >= 4 is 40.3 Å². The van der Waals surface area contributed by atoms with Gasteiger partial charge in [-0.1, -0.05) is 71.8 Å². The lowest BCUT2D eigenvalue weighted by molar-refractivity contribution is -0.157. The molecule has 0 saturated carbocycles. The summed E-state index contributed by atoms with van der Waals surface area (Å²) in [4.78, 5) is 51.4. The number of anilines is 1. The van der Waals surface area contributed by atoms with Crippen LogP contribution in [0.25, 0.3) is 10.8 Å². The van der Waals surface area contributed by atoms with Crippen molar-refractivity contribution in [3.63, 3.8) is 0 Å². The molecule has 1 amide bonds. The number of amides is 1. The van der Waals surface area contributed by atoms with Crippen molar-refractivity contribution in [1.29, 1.82) is 0 Å². The van der Waals surface area contributed by atoms with Gasteiger partial charge in [0.15, 0.2) is 0 Å². The average Bonchev–Trinajstić information content (AvgIpc) is 2.91. The Balaban J connectivity index is 1.66. The Hall–Kier alpha value is -4.98. The molecule has 8 heteroatoms. The molecular formula is C30H25NO7.